The van der Waals surface area contributed by atoms with E-state index in [9.17, 15) is 0 Å². The molecule has 2 bridgehead atoms. The van der Waals surface area contributed by atoms with Crippen LogP contribution in [0.1, 0.15) is 60.8 Å². The first-order valence-corrected chi connectivity index (χ1v) is 10.3. The molecule has 3 radical (unpaired) electrons. The second kappa shape index (κ2) is 4.99. The standard InChI is InChI=1S/C15H29PS.B/c1-13(2,3)16(7)17-12-10-11-8-9-15(12,6)14(11,4)5;/h11-12H,8-10H2,1-7H3;/t11-,12-,15+,16?;/m1./s1. The van der Waals surface area contributed by atoms with E-state index in [1.54, 1.807) is 0 Å². The van der Waals surface area contributed by atoms with E-state index in [4.69, 9.17) is 0 Å². The molecule has 0 nitrogen and oxygen atoms in total. The molecule has 0 saturated heterocycles. The normalized spacial score (nSPS) is 39.5. The van der Waals surface area contributed by atoms with E-state index in [2.05, 4.69) is 59.6 Å². The van der Waals surface area contributed by atoms with Gasteiger partial charge in [0.05, 0.1) is 0 Å². The molecule has 18 heavy (non-hydrogen) atoms. The summed E-state index contributed by atoms with van der Waals surface area (Å²) in [7, 11) is 0.0990. The molecule has 2 aliphatic rings. The second-order valence-electron chi connectivity index (χ2n) is 7.87. The van der Waals surface area contributed by atoms with Gasteiger partial charge < -0.3 is 0 Å². The van der Waals surface area contributed by atoms with Crippen molar-refractivity contribution in [2.45, 2.75) is 71.2 Å². The summed E-state index contributed by atoms with van der Waals surface area (Å²) in [4.78, 5) is 0. The first kappa shape index (κ1) is 16.9. The zero-order chi connectivity index (χ0) is 13.1. The summed E-state index contributed by atoms with van der Waals surface area (Å²) in [6.07, 6.45) is 4.43. The zero-order valence-electron chi connectivity index (χ0n) is 13.2. The molecule has 0 spiro atoms. The highest BCUT2D eigenvalue weighted by molar-refractivity contribution is 8.56. The highest BCUT2D eigenvalue weighted by Gasteiger charge is 2.61. The maximum Gasteiger partial charge on any atom is 0.0151 e. The van der Waals surface area contributed by atoms with E-state index in [0.29, 0.717) is 16.0 Å². The molecule has 103 valence electrons. The quantitative estimate of drug-likeness (QED) is 0.484. The maximum absolute atomic E-state index is 2.57. The van der Waals surface area contributed by atoms with E-state index in [0.717, 1.165) is 11.2 Å². The molecule has 0 heterocycles. The van der Waals surface area contributed by atoms with Gasteiger partial charge in [-0.15, -0.1) is 11.4 Å². The van der Waals surface area contributed by atoms with Gasteiger partial charge in [-0.1, -0.05) is 41.5 Å². The van der Waals surface area contributed by atoms with Crippen LogP contribution in [0.25, 0.3) is 0 Å². The fraction of sp³-hybridized carbons (Fsp3) is 1.00. The van der Waals surface area contributed by atoms with Crippen LogP contribution in [-0.2, 0) is 0 Å². The molecule has 1 unspecified atom stereocenters. The molecule has 0 aromatic rings. The third-order valence-corrected chi connectivity index (χ3v) is 12.5. The molecule has 2 fully saturated rings. The summed E-state index contributed by atoms with van der Waals surface area (Å²) < 4.78 is 0. The maximum atomic E-state index is 2.57. The highest BCUT2D eigenvalue weighted by Crippen LogP contribution is 2.73. The van der Waals surface area contributed by atoms with Gasteiger partial charge in [0, 0.05) is 13.7 Å². The van der Waals surface area contributed by atoms with E-state index < -0.39 is 0 Å². The van der Waals surface area contributed by atoms with Crippen molar-refractivity contribution >= 4 is 26.9 Å². The van der Waals surface area contributed by atoms with Crippen molar-refractivity contribution in [3.63, 3.8) is 0 Å². The minimum absolute atomic E-state index is 0. The van der Waals surface area contributed by atoms with Crippen LogP contribution in [-0.4, -0.2) is 25.5 Å². The van der Waals surface area contributed by atoms with Gasteiger partial charge in [0.2, 0.25) is 0 Å². The van der Waals surface area contributed by atoms with Gasteiger partial charge in [-0.25, -0.2) is 0 Å². The topological polar surface area (TPSA) is 0 Å². The fourth-order valence-corrected chi connectivity index (χ4v) is 8.36. The Morgan fingerprint density at radius 3 is 2.06 bits per heavy atom. The van der Waals surface area contributed by atoms with Gasteiger partial charge in [-0.3, -0.25) is 0 Å². The molecule has 2 saturated carbocycles. The molecular weight excluding hydrogens is 254 g/mol. The van der Waals surface area contributed by atoms with Gasteiger partial charge in [-0.2, -0.15) is 0 Å². The third-order valence-electron chi connectivity index (χ3n) is 5.94. The smallest absolute Gasteiger partial charge is 0.0151 e. The Labute approximate surface area is 122 Å². The molecule has 0 amide bonds. The van der Waals surface area contributed by atoms with Gasteiger partial charge in [-0.05, 0) is 55.0 Å². The van der Waals surface area contributed by atoms with E-state index >= 15 is 0 Å². The Morgan fingerprint density at radius 1 is 1.17 bits per heavy atom. The summed E-state index contributed by atoms with van der Waals surface area (Å²) in [6, 6.07) is 0. The van der Waals surface area contributed by atoms with Crippen LogP contribution in [0.3, 0.4) is 0 Å². The summed E-state index contributed by atoms with van der Waals surface area (Å²) in [6.45, 7) is 17.3. The predicted octanol–water partition coefficient (Wildman–Crippen LogP) is 5.38. The third kappa shape index (κ3) is 2.42. The second-order valence-corrected chi connectivity index (χ2v) is 13.3. The summed E-state index contributed by atoms with van der Waals surface area (Å²) in [5.74, 6) is 0.994. The number of hydrogen-bond donors (Lipinski definition) is 0. The monoisotopic (exact) mass is 283 g/mol. The predicted molar refractivity (Wildman–Crippen MR) is 89.0 cm³/mol. The van der Waals surface area contributed by atoms with Crippen LogP contribution in [0, 0.1) is 16.7 Å². The summed E-state index contributed by atoms with van der Waals surface area (Å²) >= 11 is 2.34. The summed E-state index contributed by atoms with van der Waals surface area (Å²) in [5.41, 5.74) is 1.18. The molecule has 2 aliphatic carbocycles. The van der Waals surface area contributed by atoms with Crippen LogP contribution in [0.2, 0.25) is 0 Å². The Hall–Kier alpha value is 0.845. The van der Waals surface area contributed by atoms with Crippen molar-refractivity contribution in [3.05, 3.63) is 0 Å². The van der Waals surface area contributed by atoms with Crippen LogP contribution in [0.5, 0.6) is 0 Å². The first-order valence-electron chi connectivity index (χ1n) is 6.99. The van der Waals surface area contributed by atoms with Crippen molar-refractivity contribution in [2.24, 2.45) is 16.7 Å². The van der Waals surface area contributed by atoms with E-state index in [1.807, 2.05) is 0 Å². The average molecular weight is 283 g/mol. The van der Waals surface area contributed by atoms with Gasteiger partial charge in [0.25, 0.3) is 0 Å². The van der Waals surface area contributed by atoms with Crippen LogP contribution in [0.4, 0.5) is 0 Å². The SMILES string of the molecule is CP(S[C@@H]1C[C@H]2CC[C@]1(C)C2(C)C)C(C)(C)C.[B]. The minimum Gasteiger partial charge on any atom is -0.130 e. The largest absolute Gasteiger partial charge is 0.130 e. The molecular formula is C15H29BPS. The lowest BCUT2D eigenvalue weighted by Gasteiger charge is -2.41. The van der Waals surface area contributed by atoms with Gasteiger partial charge >= 0.3 is 0 Å². The Bertz CT molecular complexity index is 310. The lowest BCUT2D eigenvalue weighted by Crippen LogP contribution is -2.34. The van der Waals surface area contributed by atoms with E-state index in [-0.39, 0.29) is 15.5 Å². The summed E-state index contributed by atoms with van der Waals surface area (Å²) in [5, 5.41) is 1.43. The number of fused-ring (bicyclic) bond motifs is 2. The molecule has 4 atom stereocenters. The number of rotatable bonds is 2. The molecule has 2 rings (SSSR count). The zero-order valence-corrected chi connectivity index (χ0v) is 14.9. The molecule has 3 heteroatoms. The van der Waals surface area contributed by atoms with Crippen molar-refractivity contribution in [1.82, 2.24) is 0 Å². The fourth-order valence-electron chi connectivity index (χ4n) is 3.64. The Morgan fingerprint density at radius 2 is 1.72 bits per heavy atom. The van der Waals surface area contributed by atoms with Crippen LogP contribution >= 0.6 is 18.5 Å². The number of hydrogen-bond acceptors (Lipinski definition) is 1. The van der Waals surface area contributed by atoms with Crippen LogP contribution in [0.15, 0.2) is 0 Å². The lowest BCUT2D eigenvalue weighted by atomic mass is 9.71. The molecule has 0 N–H and O–H groups in total. The van der Waals surface area contributed by atoms with Crippen molar-refractivity contribution < 1.29 is 0 Å². The lowest BCUT2D eigenvalue weighted by molar-refractivity contribution is 0.157. The minimum atomic E-state index is 0. The highest BCUT2D eigenvalue weighted by atomic mass is 32.7. The van der Waals surface area contributed by atoms with Crippen LogP contribution < -0.4 is 0 Å². The molecule has 0 aromatic carbocycles. The molecule has 0 aromatic heterocycles. The van der Waals surface area contributed by atoms with Gasteiger partial charge in [0.15, 0.2) is 0 Å². The van der Waals surface area contributed by atoms with Crippen molar-refractivity contribution in [2.75, 3.05) is 6.66 Å². The Kier molecular flexibility index (Phi) is 4.69. The van der Waals surface area contributed by atoms with Crippen molar-refractivity contribution in [1.29, 1.82) is 0 Å². The Balaban J connectivity index is 0.00000162. The first-order chi connectivity index (χ1) is 7.59. The average Bonchev–Trinajstić information content (AvgIpc) is 2.49. The van der Waals surface area contributed by atoms with Crippen molar-refractivity contribution in [3.8, 4) is 0 Å². The van der Waals surface area contributed by atoms with Gasteiger partial charge in [0.1, 0.15) is 0 Å². The van der Waals surface area contributed by atoms with E-state index in [1.165, 1.54) is 19.3 Å². The molecule has 0 aliphatic heterocycles.